The van der Waals surface area contributed by atoms with E-state index in [0.29, 0.717) is 6.54 Å². The van der Waals surface area contributed by atoms with Crippen LogP contribution in [0.3, 0.4) is 0 Å². The molecule has 0 fully saturated rings. The Bertz CT molecular complexity index is 471. The molecule has 0 saturated carbocycles. The minimum Gasteiger partial charge on any atom is -0.359 e. The molecule has 5 nitrogen and oxygen atoms in total. The standard InChI is InChI=1S/C15H23N3O2/c1-11(13(19)17-3)10-18(4)14(20)15(2,16)12-8-6-5-7-9-12/h5-9,11H,10,16H2,1-4H3,(H,17,19). The first-order chi connectivity index (χ1) is 9.30. The maximum absolute atomic E-state index is 12.5. The summed E-state index contributed by atoms with van der Waals surface area (Å²) in [5.74, 6) is -0.580. The van der Waals surface area contributed by atoms with Crippen LogP contribution < -0.4 is 11.1 Å². The molecule has 0 aliphatic rings. The highest BCUT2D eigenvalue weighted by molar-refractivity contribution is 5.87. The van der Waals surface area contributed by atoms with Gasteiger partial charge in [-0.1, -0.05) is 37.3 Å². The van der Waals surface area contributed by atoms with E-state index in [9.17, 15) is 9.59 Å². The second kappa shape index (κ2) is 6.52. The van der Waals surface area contributed by atoms with Gasteiger partial charge in [-0.2, -0.15) is 0 Å². The van der Waals surface area contributed by atoms with E-state index in [0.717, 1.165) is 5.56 Å². The topological polar surface area (TPSA) is 75.4 Å². The van der Waals surface area contributed by atoms with E-state index < -0.39 is 5.54 Å². The van der Waals surface area contributed by atoms with E-state index in [-0.39, 0.29) is 17.7 Å². The number of nitrogens with one attached hydrogen (secondary N) is 1. The molecular formula is C15H23N3O2. The zero-order chi connectivity index (χ0) is 15.3. The number of benzene rings is 1. The molecule has 0 aromatic heterocycles. The van der Waals surface area contributed by atoms with E-state index in [4.69, 9.17) is 5.73 Å². The van der Waals surface area contributed by atoms with Crippen molar-refractivity contribution in [2.24, 2.45) is 11.7 Å². The Balaban J connectivity index is 2.81. The molecule has 2 atom stereocenters. The number of nitrogens with zero attached hydrogens (tertiary/aromatic N) is 1. The Hall–Kier alpha value is -1.88. The molecular weight excluding hydrogens is 254 g/mol. The molecule has 0 aliphatic heterocycles. The lowest BCUT2D eigenvalue weighted by molar-refractivity contribution is -0.136. The van der Waals surface area contributed by atoms with Gasteiger partial charge >= 0.3 is 0 Å². The second-order valence-corrected chi connectivity index (χ2v) is 5.27. The molecule has 20 heavy (non-hydrogen) atoms. The molecule has 0 heterocycles. The monoisotopic (exact) mass is 277 g/mol. The largest absolute Gasteiger partial charge is 0.359 e. The van der Waals surface area contributed by atoms with Gasteiger partial charge in [0, 0.05) is 20.6 Å². The maximum atomic E-state index is 12.5. The summed E-state index contributed by atoms with van der Waals surface area (Å²) in [6, 6.07) is 9.23. The minimum absolute atomic E-state index is 0.0944. The van der Waals surface area contributed by atoms with Crippen LogP contribution in [0.4, 0.5) is 0 Å². The molecule has 0 aliphatic carbocycles. The fourth-order valence-corrected chi connectivity index (χ4v) is 2.13. The molecule has 1 rings (SSSR count). The van der Waals surface area contributed by atoms with Crippen molar-refractivity contribution < 1.29 is 9.59 Å². The lowest BCUT2D eigenvalue weighted by atomic mass is 9.91. The van der Waals surface area contributed by atoms with Crippen molar-refractivity contribution >= 4 is 11.8 Å². The Morgan fingerprint density at radius 2 is 1.90 bits per heavy atom. The molecule has 1 aromatic rings. The number of carbonyl (C=O) groups is 2. The SMILES string of the molecule is CNC(=O)C(C)CN(C)C(=O)C(C)(N)c1ccccc1. The normalized spacial score (nSPS) is 15.1. The van der Waals surface area contributed by atoms with E-state index in [2.05, 4.69) is 5.32 Å². The summed E-state index contributed by atoms with van der Waals surface area (Å²) in [6.45, 7) is 3.79. The molecule has 110 valence electrons. The van der Waals surface area contributed by atoms with Crippen LogP contribution >= 0.6 is 0 Å². The minimum atomic E-state index is -1.10. The van der Waals surface area contributed by atoms with Crippen LogP contribution in [0.25, 0.3) is 0 Å². The molecule has 2 unspecified atom stereocenters. The second-order valence-electron chi connectivity index (χ2n) is 5.27. The first-order valence-electron chi connectivity index (χ1n) is 6.62. The van der Waals surface area contributed by atoms with Crippen molar-refractivity contribution in [3.05, 3.63) is 35.9 Å². The number of rotatable bonds is 5. The quantitative estimate of drug-likeness (QED) is 0.832. The fraction of sp³-hybridized carbons (Fsp3) is 0.467. The average Bonchev–Trinajstić information content (AvgIpc) is 2.46. The van der Waals surface area contributed by atoms with Gasteiger partial charge in [0.2, 0.25) is 11.8 Å². The number of hydrogen-bond acceptors (Lipinski definition) is 3. The van der Waals surface area contributed by atoms with E-state index >= 15 is 0 Å². The van der Waals surface area contributed by atoms with Gasteiger partial charge in [0.25, 0.3) is 0 Å². The summed E-state index contributed by atoms with van der Waals surface area (Å²) < 4.78 is 0. The number of hydrogen-bond donors (Lipinski definition) is 2. The van der Waals surface area contributed by atoms with Crippen molar-refractivity contribution in [3.63, 3.8) is 0 Å². The van der Waals surface area contributed by atoms with Gasteiger partial charge < -0.3 is 16.0 Å². The lowest BCUT2D eigenvalue weighted by Crippen LogP contribution is -2.51. The van der Waals surface area contributed by atoms with Gasteiger partial charge in [0.1, 0.15) is 5.54 Å². The van der Waals surface area contributed by atoms with Crippen molar-refractivity contribution in [2.45, 2.75) is 19.4 Å². The summed E-state index contributed by atoms with van der Waals surface area (Å²) in [5, 5.41) is 2.57. The zero-order valence-electron chi connectivity index (χ0n) is 12.5. The summed E-state index contributed by atoms with van der Waals surface area (Å²) in [4.78, 5) is 25.5. The van der Waals surface area contributed by atoms with Crippen molar-refractivity contribution in [1.82, 2.24) is 10.2 Å². The van der Waals surface area contributed by atoms with Crippen LogP contribution in [0.2, 0.25) is 0 Å². The fourth-order valence-electron chi connectivity index (χ4n) is 2.13. The average molecular weight is 277 g/mol. The smallest absolute Gasteiger partial charge is 0.246 e. The van der Waals surface area contributed by atoms with Gasteiger partial charge in [0.05, 0.1) is 5.92 Å². The van der Waals surface area contributed by atoms with Crippen LogP contribution in [0.5, 0.6) is 0 Å². The molecule has 0 saturated heterocycles. The summed E-state index contributed by atoms with van der Waals surface area (Å²) >= 11 is 0. The molecule has 1 aromatic carbocycles. The van der Waals surface area contributed by atoms with E-state index in [1.165, 1.54) is 4.90 Å². The van der Waals surface area contributed by atoms with Gasteiger partial charge in [0.15, 0.2) is 0 Å². The third-order valence-electron chi connectivity index (χ3n) is 3.41. The predicted octanol–water partition coefficient (Wildman–Crippen LogP) is 0.701. The third-order valence-corrected chi connectivity index (χ3v) is 3.41. The van der Waals surface area contributed by atoms with Gasteiger partial charge in [-0.05, 0) is 12.5 Å². The Morgan fingerprint density at radius 3 is 2.40 bits per heavy atom. The van der Waals surface area contributed by atoms with Crippen LogP contribution in [0.1, 0.15) is 19.4 Å². The molecule has 2 amide bonds. The Morgan fingerprint density at radius 1 is 1.35 bits per heavy atom. The first-order valence-corrected chi connectivity index (χ1v) is 6.62. The summed E-state index contributed by atoms with van der Waals surface area (Å²) in [6.07, 6.45) is 0. The van der Waals surface area contributed by atoms with Crippen molar-refractivity contribution in [1.29, 1.82) is 0 Å². The summed E-state index contributed by atoms with van der Waals surface area (Å²) in [7, 11) is 3.24. The van der Waals surface area contributed by atoms with Crippen molar-refractivity contribution in [3.8, 4) is 0 Å². The molecule has 3 N–H and O–H groups in total. The molecule has 0 radical (unpaired) electrons. The van der Waals surface area contributed by atoms with Crippen molar-refractivity contribution in [2.75, 3.05) is 20.6 Å². The van der Waals surface area contributed by atoms with Crippen LogP contribution in [0, 0.1) is 5.92 Å². The highest BCUT2D eigenvalue weighted by atomic mass is 16.2. The maximum Gasteiger partial charge on any atom is 0.246 e. The van der Waals surface area contributed by atoms with Crippen LogP contribution in [-0.4, -0.2) is 37.4 Å². The molecule has 0 bridgehead atoms. The molecule has 5 heteroatoms. The number of amides is 2. The van der Waals surface area contributed by atoms with Crippen LogP contribution in [0.15, 0.2) is 30.3 Å². The molecule has 0 spiro atoms. The van der Waals surface area contributed by atoms with Gasteiger partial charge in [-0.25, -0.2) is 0 Å². The Kier molecular flexibility index (Phi) is 5.27. The zero-order valence-corrected chi connectivity index (χ0v) is 12.5. The van der Waals surface area contributed by atoms with Gasteiger partial charge in [-0.15, -0.1) is 0 Å². The predicted molar refractivity (Wildman–Crippen MR) is 78.8 cm³/mol. The highest BCUT2D eigenvalue weighted by Gasteiger charge is 2.33. The lowest BCUT2D eigenvalue weighted by Gasteiger charge is -2.30. The van der Waals surface area contributed by atoms with Crippen LogP contribution in [-0.2, 0) is 15.1 Å². The van der Waals surface area contributed by atoms with Gasteiger partial charge in [-0.3, -0.25) is 9.59 Å². The first kappa shape index (κ1) is 16.2. The summed E-state index contributed by atoms with van der Waals surface area (Å²) in [5.41, 5.74) is 5.83. The Labute approximate surface area is 120 Å². The highest BCUT2D eigenvalue weighted by Crippen LogP contribution is 2.20. The number of likely N-dealkylation sites (N-methyl/N-ethyl adjacent to an activating group) is 1. The van der Waals surface area contributed by atoms with E-state index in [1.54, 1.807) is 27.9 Å². The third kappa shape index (κ3) is 3.57. The number of nitrogens with two attached hydrogens (primary N) is 1. The van der Waals surface area contributed by atoms with E-state index in [1.807, 2.05) is 30.3 Å². The number of carbonyl (C=O) groups excluding carboxylic acids is 2.